The molecule has 1 rings (SSSR count). The predicted octanol–water partition coefficient (Wildman–Crippen LogP) is 2.89. The van der Waals surface area contributed by atoms with E-state index in [1.165, 1.54) is 18.4 Å². The lowest BCUT2D eigenvalue weighted by Gasteiger charge is -1.98. The van der Waals surface area contributed by atoms with Crippen LogP contribution in [0.4, 0.5) is 5.00 Å². The van der Waals surface area contributed by atoms with Crippen molar-refractivity contribution in [3.63, 3.8) is 0 Å². The number of aryl methyl sites for hydroxylation is 1. The molecule has 0 unspecified atom stereocenters. The van der Waals surface area contributed by atoms with Gasteiger partial charge < -0.3 is 4.74 Å². The van der Waals surface area contributed by atoms with Crippen LogP contribution < -0.4 is 0 Å². The van der Waals surface area contributed by atoms with Gasteiger partial charge in [0.2, 0.25) is 0 Å². The van der Waals surface area contributed by atoms with E-state index in [2.05, 4.69) is 27.1 Å². The van der Waals surface area contributed by atoms with Gasteiger partial charge in [0.1, 0.15) is 10.6 Å². The number of nitrogens with zero attached hydrogens (tertiary/aromatic N) is 1. The van der Waals surface area contributed by atoms with Gasteiger partial charge in [-0.15, -0.1) is 11.3 Å². The fourth-order valence-corrected chi connectivity index (χ4v) is 2.20. The van der Waals surface area contributed by atoms with E-state index < -0.39 is 0 Å². The molecule has 1 heterocycles. The number of thiophene rings is 1. The summed E-state index contributed by atoms with van der Waals surface area (Å²) in [5.41, 5.74) is 1.39. The number of isothiocyanates is 1. The molecule has 0 bridgehead atoms. The Morgan fingerprint density at radius 3 is 2.71 bits per heavy atom. The highest BCUT2D eigenvalue weighted by Gasteiger charge is 2.19. The summed E-state index contributed by atoms with van der Waals surface area (Å²) in [6.45, 7) is 3.79. The van der Waals surface area contributed by atoms with Gasteiger partial charge in [-0.3, -0.25) is 0 Å². The van der Waals surface area contributed by atoms with Gasteiger partial charge >= 0.3 is 5.97 Å². The maximum atomic E-state index is 11.4. The third-order valence-corrected chi connectivity index (χ3v) is 3.10. The molecular formula is C9H9NO2S2. The van der Waals surface area contributed by atoms with Crippen molar-refractivity contribution in [1.82, 2.24) is 0 Å². The molecule has 0 aliphatic carbocycles. The highest BCUT2D eigenvalue weighted by molar-refractivity contribution is 7.78. The lowest BCUT2D eigenvalue weighted by Crippen LogP contribution is -2.01. The van der Waals surface area contributed by atoms with Crippen LogP contribution in [0.3, 0.4) is 0 Å². The van der Waals surface area contributed by atoms with Crippen LogP contribution in [0.5, 0.6) is 0 Å². The van der Waals surface area contributed by atoms with E-state index in [4.69, 9.17) is 0 Å². The normalized spacial score (nSPS) is 9.36. The van der Waals surface area contributed by atoms with E-state index in [1.807, 2.05) is 13.8 Å². The van der Waals surface area contributed by atoms with Crippen molar-refractivity contribution in [1.29, 1.82) is 0 Å². The number of ether oxygens (including phenoxy) is 1. The molecule has 3 nitrogen and oxygen atoms in total. The molecule has 74 valence electrons. The molecule has 0 fully saturated rings. The summed E-state index contributed by atoms with van der Waals surface area (Å²) >= 11 is 5.92. The monoisotopic (exact) mass is 227 g/mol. The number of thiocarbonyl (C=S) groups is 1. The smallest absolute Gasteiger partial charge is 0.341 e. The van der Waals surface area contributed by atoms with Gasteiger partial charge in [0.15, 0.2) is 0 Å². The van der Waals surface area contributed by atoms with Crippen LogP contribution in [-0.4, -0.2) is 18.2 Å². The summed E-state index contributed by atoms with van der Waals surface area (Å²) in [6, 6.07) is 0. The van der Waals surface area contributed by atoms with Crippen molar-refractivity contribution in [3.8, 4) is 0 Å². The van der Waals surface area contributed by atoms with Gasteiger partial charge in [0.05, 0.1) is 12.3 Å². The Hall–Kier alpha value is -1.03. The molecule has 0 saturated heterocycles. The number of carbonyl (C=O) groups is 1. The minimum absolute atomic E-state index is 0.379. The van der Waals surface area contributed by atoms with E-state index >= 15 is 0 Å². The summed E-state index contributed by atoms with van der Waals surface area (Å²) in [6.07, 6.45) is 0. The first-order chi connectivity index (χ1) is 6.61. The molecule has 1 aromatic rings. The number of esters is 1. The fraction of sp³-hybridized carbons (Fsp3) is 0.333. The fourth-order valence-electron chi connectivity index (χ4n) is 1.07. The molecule has 0 aliphatic rings. The number of carbonyl (C=O) groups excluding carboxylic acids is 1. The largest absolute Gasteiger partial charge is 0.465 e. The number of aliphatic imine (C=N–C) groups is 1. The molecule has 0 amide bonds. The van der Waals surface area contributed by atoms with Crippen LogP contribution in [0.1, 0.15) is 20.8 Å². The zero-order valence-corrected chi connectivity index (χ0v) is 9.71. The molecule has 14 heavy (non-hydrogen) atoms. The van der Waals surface area contributed by atoms with Crippen LogP contribution in [0.15, 0.2) is 4.99 Å². The average Bonchev–Trinajstić information content (AvgIpc) is 2.43. The van der Waals surface area contributed by atoms with Gasteiger partial charge in [-0.1, -0.05) is 0 Å². The quantitative estimate of drug-likeness (QED) is 0.443. The summed E-state index contributed by atoms with van der Waals surface area (Å²) in [5.74, 6) is -0.379. The van der Waals surface area contributed by atoms with Crippen molar-refractivity contribution in [2.24, 2.45) is 4.99 Å². The van der Waals surface area contributed by atoms with Crippen molar-refractivity contribution in [2.75, 3.05) is 7.11 Å². The Morgan fingerprint density at radius 2 is 2.21 bits per heavy atom. The topological polar surface area (TPSA) is 38.7 Å². The minimum atomic E-state index is -0.379. The van der Waals surface area contributed by atoms with Gasteiger partial charge in [0.25, 0.3) is 0 Å². The number of hydrogen-bond donors (Lipinski definition) is 0. The maximum Gasteiger partial charge on any atom is 0.341 e. The van der Waals surface area contributed by atoms with Crippen molar-refractivity contribution in [2.45, 2.75) is 13.8 Å². The van der Waals surface area contributed by atoms with Crippen molar-refractivity contribution < 1.29 is 9.53 Å². The first-order valence-corrected chi connectivity index (χ1v) is 5.10. The first-order valence-electron chi connectivity index (χ1n) is 3.88. The molecule has 1 aromatic heterocycles. The summed E-state index contributed by atoms with van der Waals surface area (Å²) in [4.78, 5) is 16.3. The Morgan fingerprint density at radius 1 is 1.57 bits per heavy atom. The zero-order valence-electron chi connectivity index (χ0n) is 8.08. The Labute approximate surface area is 91.4 Å². The second kappa shape index (κ2) is 4.46. The number of hydrogen-bond acceptors (Lipinski definition) is 5. The summed E-state index contributed by atoms with van der Waals surface area (Å²) < 4.78 is 4.66. The Balaban J connectivity index is 3.36. The summed E-state index contributed by atoms with van der Waals surface area (Å²) in [7, 11) is 1.35. The highest BCUT2D eigenvalue weighted by Crippen LogP contribution is 2.34. The molecule has 0 atom stereocenters. The van der Waals surface area contributed by atoms with Gasteiger partial charge in [-0.05, 0) is 31.6 Å². The number of rotatable bonds is 2. The van der Waals surface area contributed by atoms with Crippen molar-refractivity contribution in [3.05, 3.63) is 16.0 Å². The minimum Gasteiger partial charge on any atom is -0.465 e. The lowest BCUT2D eigenvalue weighted by molar-refractivity contribution is 0.0601. The Bertz CT molecular complexity index is 417. The standard InChI is InChI=1S/C9H9NO2S2/c1-5-6(2)14-8(10-4-13)7(5)9(11)12-3/h1-3H3. The lowest BCUT2D eigenvalue weighted by atomic mass is 10.2. The van der Waals surface area contributed by atoms with Gasteiger partial charge in [-0.2, -0.15) is 4.99 Å². The van der Waals surface area contributed by atoms with Crippen LogP contribution >= 0.6 is 23.6 Å². The molecule has 0 radical (unpaired) electrons. The SMILES string of the molecule is COC(=O)c1c(N=C=S)sc(C)c1C. The van der Waals surface area contributed by atoms with Gasteiger partial charge in [0, 0.05) is 4.88 Å². The second-order valence-electron chi connectivity index (χ2n) is 2.66. The molecule has 0 saturated carbocycles. The number of methoxy groups -OCH3 is 1. The maximum absolute atomic E-state index is 11.4. The average molecular weight is 227 g/mol. The van der Waals surface area contributed by atoms with E-state index in [0.717, 1.165) is 10.4 Å². The second-order valence-corrected chi connectivity index (χ2v) is 4.04. The van der Waals surface area contributed by atoms with Crippen LogP contribution in [0.25, 0.3) is 0 Å². The molecule has 5 heteroatoms. The van der Waals surface area contributed by atoms with Gasteiger partial charge in [-0.25, -0.2) is 4.79 Å². The zero-order chi connectivity index (χ0) is 10.7. The third kappa shape index (κ3) is 1.90. The first kappa shape index (κ1) is 11.0. The van der Waals surface area contributed by atoms with E-state index in [0.29, 0.717) is 10.6 Å². The van der Waals surface area contributed by atoms with Crippen LogP contribution in [0, 0.1) is 13.8 Å². The molecule has 0 aliphatic heterocycles. The van der Waals surface area contributed by atoms with E-state index in [1.54, 1.807) is 0 Å². The van der Waals surface area contributed by atoms with E-state index in [-0.39, 0.29) is 5.97 Å². The summed E-state index contributed by atoms with van der Waals surface area (Å²) in [5, 5.41) is 2.83. The molecular weight excluding hydrogens is 218 g/mol. The molecule has 0 spiro atoms. The Kier molecular flexibility index (Phi) is 3.52. The highest BCUT2D eigenvalue weighted by atomic mass is 32.1. The predicted molar refractivity (Wildman–Crippen MR) is 59.8 cm³/mol. The van der Waals surface area contributed by atoms with Crippen LogP contribution in [-0.2, 0) is 4.74 Å². The van der Waals surface area contributed by atoms with E-state index in [9.17, 15) is 4.79 Å². The third-order valence-electron chi connectivity index (χ3n) is 1.90. The van der Waals surface area contributed by atoms with Crippen molar-refractivity contribution >= 4 is 39.7 Å². The molecule has 0 aromatic carbocycles. The molecule has 0 N–H and O–H groups in total. The van der Waals surface area contributed by atoms with Crippen LogP contribution in [0.2, 0.25) is 0 Å².